The summed E-state index contributed by atoms with van der Waals surface area (Å²) < 4.78 is 0. The van der Waals surface area contributed by atoms with Crippen molar-refractivity contribution in [3.8, 4) is 0 Å². The summed E-state index contributed by atoms with van der Waals surface area (Å²) in [6.07, 6.45) is 9.71. The van der Waals surface area contributed by atoms with E-state index in [1.807, 2.05) is 0 Å². The van der Waals surface area contributed by atoms with Crippen LogP contribution in [-0.4, -0.2) is 37.1 Å². The molecule has 1 aliphatic carbocycles. The molecule has 0 saturated heterocycles. The average molecular weight is 226 g/mol. The molecule has 1 aliphatic rings. The van der Waals surface area contributed by atoms with E-state index in [4.69, 9.17) is 0 Å². The first-order valence-electron chi connectivity index (χ1n) is 7.21. The van der Waals surface area contributed by atoms with Crippen molar-refractivity contribution >= 4 is 0 Å². The van der Waals surface area contributed by atoms with Crippen LogP contribution in [0.3, 0.4) is 0 Å². The van der Waals surface area contributed by atoms with Crippen molar-refractivity contribution in [1.29, 1.82) is 0 Å². The lowest BCUT2D eigenvalue weighted by molar-refractivity contribution is 0.236. The Morgan fingerprint density at radius 2 is 1.94 bits per heavy atom. The largest absolute Gasteiger partial charge is 0.314 e. The molecule has 0 radical (unpaired) electrons. The molecule has 0 amide bonds. The van der Waals surface area contributed by atoms with Crippen LogP contribution >= 0.6 is 0 Å². The van der Waals surface area contributed by atoms with Crippen molar-refractivity contribution in [3.05, 3.63) is 0 Å². The lowest BCUT2D eigenvalue weighted by atomic mass is 10.1. The van der Waals surface area contributed by atoms with Gasteiger partial charge in [-0.1, -0.05) is 26.7 Å². The molecule has 1 fully saturated rings. The zero-order valence-corrected chi connectivity index (χ0v) is 11.5. The van der Waals surface area contributed by atoms with Crippen LogP contribution in [0.2, 0.25) is 0 Å². The predicted octanol–water partition coefficient (Wildman–Crippen LogP) is 3.03. The number of hydrogen-bond donors (Lipinski definition) is 1. The summed E-state index contributed by atoms with van der Waals surface area (Å²) in [5.74, 6) is 0. The molecule has 0 bridgehead atoms. The minimum absolute atomic E-state index is 0.738. The van der Waals surface area contributed by atoms with Gasteiger partial charge in [-0.3, -0.25) is 0 Å². The highest BCUT2D eigenvalue weighted by Gasteiger charge is 2.18. The van der Waals surface area contributed by atoms with E-state index in [-0.39, 0.29) is 0 Å². The van der Waals surface area contributed by atoms with Gasteiger partial charge >= 0.3 is 0 Å². The third kappa shape index (κ3) is 4.84. The summed E-state index contributed by atoms with van der Waals surface area (Å²) >= 11 is 0. The molecule has 0 aromatic rings. The summed E-state index contributed by atoms with van der Waals surface area (Å²) in [4.78, 5) is 2.59. The second-order valence-corrected chi connectivity index (χ2v) is 5.22. The van der Waals surface area contributed by atoms with Gasteiger partial charge in [-0.05, 0) is 52.2 Å². The summed E-state index contributed by atoms with van der Waals surface area (Å²) in [7, 11) is 2.31. The fourth-order valence-electron chi connectivity index (χ4n) is 2.85. The number of rotatable bonds is 8. The second-order valence-electron chi connectivity index (χ2n) is 5.22. The van der Waals surface area contributed by atoms with Gasteiger partial charge in [-0.2, -0.15) is 0 Å². The molecule has 0 aromatic carbocycles. The molecular formula is C14H30N2. The van der Waals surface area contributed by atoms with E-state index in [0.717, 1.165) is 18.6 Å². The molecule has 1 saturated carbocycles. The number of hydrogen-bond acceptors (Lipinski definition) is 2. The second kappa shape index (κ2) is 8.08. The van der Waals surface area contributed by atoms with Crippen LogP contribution in [0.1, 0.15) is 58.8 Å². The monoisotopic (exact) mass is 226 g/mol. The van der Waals surface area contributed by atoms with Crippen LogP contribution in [0.5, 0.6) is 0 Å². The summed E-state index contributed by atoms with van der Waals surface area (Å²) in [6, 6.07) is 1.63. The van der Waals surface area contributed by atoms with Crippen molar-refractivity contribution in [3.63, 3.8) is 0 Å². The molecular weight excluding hydrogens is 196 g/mol. The molecule has 0 spiro atoms. The Bertz CT molecular complexity index is 164. The van der Waals surface area contributed by atoms with Gasteiger partial charge in [0, 0.05) is 12.1 Å². The molecule has 1 rings (SSSR count). The Balaban J connectivity index is 2.08. The van der Waals surface area contributed by atoms with Gasteiger partial charge in [0.2, 0.25) is 0 Å². The molecule has 0 heterocycles. The highest BCUT2D eigenvalue weighted by molar-refractivity contribution is 4.75. The quantitative estimate of drug-likeness (QED) is 0.684. The maximum absolute atomic E-state index is 3.56. The first-order valence-corrected chi connectivity index (χ1v) is 7.21. The minimum atomic E-state index is 0.738. The summed E-state index contributed by atoms with van der Waals surface area (Å²) in [5.41, 5.74) is 0. The van der Waals surface area contributed by atoms with Crippen molar-refractivity contribution in [1.82, 2.24) is 10.2 Å². The molecule has 0 aliphatic heterocycles. The lowest BCUT2D eigenvalue weighted by Crippen LogP contribution is -2.32. The minimum Gasteiger partial charge on any atom is -0.314 e. The van der Waals surface area contributed by atoms with Gasteiger partial charge in [0.05, 0.1) is 0 Å². The maximum Gasteiger partial charge on any atom is 0.00922 e. The topological polar surface area (TPSA) is 15.3 Å². The number of nitrogens with zero attached hydrogens (tertiary/aromatic N) is 1. The SMILES string of the molecule is CCNC(CC)CCCN(C)C1CCCC1. The third-order valence-electron chi connectivity index (χ3n) is 4.00. The Kier molecular flexibility index (Phi) is 7.06. The highest BCUT2D eigenvalue weighted by Crippen LogP contribution is 2.22. The maximum atomic E-state index is 3.56. The molecule has 1 N–H and O–H groups in total. The first kappa shape index (κ1) is 14.0. The van der Waals surface area contributed by atoms with Gasteiger partial charge in [0.15, 0.2) is 0 Å². The fraction of sp³-hybridized carbons (Fsp3) is 1.00. The summed E-state index contributed by atoms with van der Waals surface area (Å²) in [5, 5.41) is 3.56. The van der Waals surface area contributed by atoms with Crippen LogP contribution in [0.15, 0.2) is 0 Å². The van der Waals surface area contributed by atoms with E-state index >= 15 is 0 Å². The molecule has 16 heavy (non-hydrogen) atoms. The third-order valence-corrected chi connectivity index (χ3v) is 4.00. The fourth-order valence-corrected chi connectivity index (χ4v) is 2.85. The van der Waals surface area contributed by atoms with Crippen LogP contribution < -0.4 is 5.32 Å². The van der Waals surface area contributed by atoms with Crippen LogP contribution in [0, 0.1) is 0 Å². The van der Waals surface area contributed by atoms with Crippen LogP contribution in [0.25, 0.3) is 0 Å². The Morgan fingerprint density at radius 1 is 1.25 bits per heavy atom. The summed E-state index contributed by atoms with van der Waals surface area (Å²) in [6.45, 7) is 6.88. The Labute approximate surface area is 102 Å². The zero-order chi connectivity index (χ0) is 11.8. The van der Waals surface area contributed by atoms with Gasteiger partial charge in [0.1, 0.15) is 0 Å². The molecule has 96 valence electrons. The smallest absolute Gasteiger partial charge is 0.00922 e. The number of nitrogens with one attached hydrogen (secondary N) is 1. The van der Waals surface area contributed by atoms with Crippen molar-refractivity contribution in [2.75, 3.05) is 20.1 Å². The van der Waals surface area contributed by atoms with E-state index in [0.29, 0.717) is 0 Å². The van der Waals surface area contributed by atoms with Crippen molar-refractivity contribution in [2.24, 2.45) is 0 Å². The lowest BCUT2D eigenvalue weighted by Gasteiger charge is -2.25. The average Bonchev–Trinajstić information content (AvgIpc) is 2.81. The van der Waals surface area contributed by atoms with E-state index in [1.165, 1.54) is 51.5 Å². The van der Waals surface area contributed by atoms with E-state index in [9.17, 15) is 0 Å². The van der Waals surface area contributed by atoms with Gasteiger partial charge < -0.3 is 10.2 Å². The van der Waals surface area contributed by atoms with Gasteiger partial charge in [-0.25, -0.2) is 0 Å². The normalized spacial score (nSPS) is 19.5. The molecule has 2 nitrogen and oxygen atoms in total. The highest BCUT2D eigenvalue weighted by atomic mass is 15.1. The van der Waals surface area contributed by atoms with Crippen molar-refractivity contribution < 1.29 is 0 Å². The molecule has 2 heteroatoms. The Hall–Kier alpha value is -0.0800. The van der Waals surface area contributed by atoms with Crippen LogP contribution in [0.4, 0.5) is 0 Å². The Morgan fingerprint density at radius 3 is 2.50 bits per heavy atom. The zero-order valence-electron chi connectivity index (χ0n) is 11.5. The van der Waals surface area contributed by atoms with Gasteiger partial charge in [-0.15, -0.1) is 0 Å². The molecule has 0 aromatic heterocycles. The van der Waals surface area contributed by atoms with Crippen molar-refractivity contribution in [2.45, 2.75) is 70.9 Å². The molecule has 1 unspecified atom stereocenters. The first-order chi connectivity index (χ1) is 7.77. The molecule has 1 atom stereocenters. The predicted molar refractivity (Wildman–Crippen MR) is 71.9 cm³/mol. The van der Waals surface area contributed by atoms with Crippen LogP contribution in [-0.2, 0) is 0 Å². The van der Waals surface area contributed by atoms with E-state index < -0.39 is 0 Å². The van der Waals surface area contributed by atoms with E-state index in [2.05, 4.69) is 31.1 Å². The van der Waals surface area contributed by atoms with E-state index in [1.54, 1.807) is 0 Å². The standard InChI is InChI=1S/C14H30N2/c1-4-13(15-5-2)9-8-12-16(3)14-10-6-7-11-14/h13-15H,4-12H2,1-3H3. The van der Waals surface area contributed by atoms with Gasteiger partial charge in [0.25, 0.3) is 0 Å².